The molecule has 7 rings (SSSR count). The normalized spacial score (nSPS) is 16.6. The van der Waals surface area contributed by atoms with Gasteiger partial charge in [-0.05, 0) is 0 Å². The molecule has 0 bridgehead atoms. The first-order chi connectivity index (χ1) is 21.3. The van der Waals surface area contributed by atoms with E-state index < -0.39 is 17.4 Å². The number of benzene rings is 5. The van der Waals surface area contributed by atoms with Gasteiger partial charge in [-0.3, -0.25) is 0 Å². The molecular formula is C43H46SiZr. The fourth-order valence-electron chi connectivity index (χ4n) is 8.92. The van der Waals surface area contributed by atoms with Gasteiger partial charge in [0, 0.05) is 0 Å². The number of rotatable bonds is 4. The Balaban J connectivity index is 1.72. The minimum absolute atomic E-state index is 0.0571. The first kappa shape index (κ1) is 30.6. The van der Waals surface area contributed by atoms with Gasteiger partial charge in [-0.2, -0.15) is 0 Å². The van der Waals surface area contributed by atoms with Gasteiger partial charge in [0.1, 0.15) is 0 Å². The van der Waals surface area contributed by atoms with Crippen LogP contribution in [-0.2, 0) is 28.2 Å². The summed E-state index contributed by atoms with van der Waals surface area (Å²) in [5, 5.41) is 0. The summed E-state index contributed by atoms with van der Waals surface area (Å²) in [6.45, 7) is 19.0. The van der Waals surface area contributed by atoms with Gasteiger partial charge in [0.05, 0.1) is 0 Å². The van der Waals surface area contributed by atoms with Crippen LogP contribution in [0.25, 0.3) is 17.2 Å². The van der Waals surface area contributed by atoms with E-state index in [2.05, 4.69) is 183 Å². The Kier molecular flexibility index (Phi) is 7.12. The van der Waals surface area contributed by atoms with E-state index in [4.69, 9.17) is 0 Å². The van der Waals surface area contributed by atoms with Gasteiger partial charge in [-0.1, -0.05) is 0 Å². The van der Waals surface area contributed by atoms with E-state index in [1.807, 2.05) is 0 Å². The van der Waals surface area contributed by atoms with Crippen LogP contribution in [0.15, 0.2) is 127 Å². The number of fused-ring (bicyclic) bond motifs is 4. The van der Waals surface area contributed by atoms with E-state index in [0.29, 0.717) is 3.63 Å². The second-order valence-corrected chi connectivity index (χ2v) is 38.6. The van der Waals surface area contributed by atoms with Crippen LogP contribution in [0, 0.1) is 0 Å². The predicted octanol–water partition coefficient (Wildman–Crippen LogP) is 9.40. The summed E-state index contributed by atoms with van der Waals surface area (Å²) >= 11 is -4.67. The van der Waals surface area contributed by atoms with Crippen molar-refractivity contribution in [1.82, 2.24) is 0 Å². The molecule has 2 aliphatic rings. The van der Waals surface area contributed by atoms with Gasteiger partial charge in [0.2, 0.25) is 0 Å². The molecule has 45 heavy (non-hydrogen) atoms. The van der Waals surface area contributed by atoms with E-state index in [9.17, 15) is 0 Å². The van der Waals surface area contributed by atoms with E-state index in [0.717, 1.165) is 0 Å². The van der Waals surface area contributed by atoms with Crippen LogP contribution >= 0.6 is 0 Å². The van der Waals surface area contributed by atoms with Gasteiger partial charge in [0.15, 0.2) is 0 Å². The molecule has 0 fully saturated rings. The average Bonchev–Trinajstić information content (AvgIpc) is 3.55. The van der Waals surface area contributed by atoms with Gasteiger partial charge >= 0.3 is 275 Å². The number of hydrogen-bond acceptors (Lipinski definition) is 0. The maximum absolute atomic E-state index is 4.67. The van der Waals surface area contributed by atoms with Crippen molar-refractivity contribution in [3.05, 3.63) is 160 Å². The molecule has 0 N–H and O–H groups in total. The molecule has 0 spiro atoms. The Hall–Kier alpha value is -3.06. The molecular weight excluding hydrogens is 636 g/mol. The molecule has 2 aliphatic carbocycles. The Labute approximate surface area is 273 Å². The Bertz CT molecular complexity index is 1930. The summed E-state index contributed by atoms with van der Waals surface area (Å²) in [5.41, 5.74) is 13.3. The zero-order chi connectivity index (χ0) is 31.8. The molecule has 0 saturated heterocycles. The first-order valence-electron chi connectivity index (χ1n) is 16.5. The van der Waals surface area contributed by atoms with Crippen molar-refractivity contribution in [2.75, 3.05) is 0 Å². The van der Waals surface area contributed by atoms with Crippen molar-refractivity contribution >= 4 is 19.5 Å². The van der Waals surface area contributed by atoms with Gasteiger partial charge < -0.3 is 0 Å². The summed E-state index contributed by atoms with van der Waals surface area (Å²) in [7, 11) is 0. The van der Waals surface area contributed by atoms with Gasteiger partial charge in [-0.25, -0.2) is 0 Å². The number of hydrogen-bond donors (Lipinski definition) is 0. The Morgan fingerprint density at radius 1 is 0.511 bits per heavy atom. The Morgan fingerprint density at radius 2 is 0.956 bits per heavy atom. The van der Waals surface area contributed by atoms with Crippen LogP contribution in [0.5, 0.6) is 0 Å². The SMILES string of the molecule is CC1=Cc2ccccc2[CH]1[Zr](=[SiH2])([c]1ccccc1)([c]1ccccc1)[CH]1c2cc(C(C)(C)C)ccc2-c2ccc(C(C)(C)C)cc21. The second kappa shape index (κ2) is 10.5. The molecule has 0 heterocycles. The zero-order valence-corrected chi connectivity index (χ0v) is 31.9. The molecule has 5 aromatic rings. The third-order valence-corrected chi connectivity index (χ3v) is 39.0. The molecule has 0 nitrogen and oxygen atoms in total. The van der Waals surface area contributed by atoms with Gasteiger partial charge in [0.25, 0.3) is 0 Å². The third-order valence-electron chi connectivity index (χ3n) is 11.1. The van der Waals surface area contributed by atoms with Crippen LogP contribution in [-0.4, -0.2) is 6.88 Å². The molecule has 5 aromatic carbocycles. The summed E-state index contributed by atoms with van der Waals surface area (Å²) in [6.07, 6.45) is 2.50. The van der Waals surface area contributed by atoms with Crippen LogP contribution in [0.2, 0.25) is 0 Å². The molecule has 1 unspecified atom stereocenters. The van der Waals surface area contributed by atoms with E-state index in [1.54, 1.807) is 6.54 Å². The predicted molar refractivity (Wildman–Crippen MR) is 195 cm³/mol. The molecule has 0 amide bonds. The standard InChI is InChI=1S/C21H25.C10H9.2C6H5.H2Si.Zr/c1-20(2,3)16-7-9-18-14(12-16)11-15-13-17(21(4,5)6)8-10-19(15)18;1-8-6-9-4-2-3-5-10(9)7-8;2*1-2-4-6-5-3-1;;/h7-13H,1-6H3;2-7H,1H3;2*1-5H;1H2;. The molecule has 0 aromatic heterocycles. The van der Waals surface area contributed by atoms with Crippen molar-refractivity contribution in [3.63, 3.8) is 0 Å². The molecule has 0 aliphatic heterocycles. The van der Waals surface area contributed by atoms with Crippen LogP contribution in [0.3, 0.4) is 0 Å². The van der Waals surface area contributed by atoms with E-state index in [1.165, 1.54) is 50.1 Å². The zero-order valence-electron chi connectivity index (χ0n) is 28.0. The summed E-state index contributed by atoms with van der Waals surface area (Å²) in [5.74, 6) is 0. The number of allylic oxidation sites excluding steroid dienone is 1. The summed E-state index contributed by atoms with van der Waals surface area (Å²) < 4.78 is 3.77. The van der Waals surface area contributed by atoms with Crippen molar-refractivity contribution in [2.45, 2.75) is 66.5 Å². The van der Waals surface area contributed by atoms with Crippen LogP contribution in [0.4, 0.5) is 0 Å². The first-order valence-corrected chi connectivity index (χ1v) is 27.8. The van der Waals surface area contributed by atoms with Crippen molar-refractivity contribution in [1.29, 1.82) is 0 Å². The van der Waals surface area contributed by atoms with Crippen molar-refractivity contribution in [2.24, 2.45) is 0 Å². The Morgan fingerprint density at radius 3 is 1.42 bits per heavy atom. The monoisotopic (exact) mass is 680 g/mol. The summed E-state index contributed by atoms with van der Waals surface area (Å²) in [6, 6.07) is 47.8. The second-order valence-electron chi connectivity index (χ2n) is 15.9. The van der Waals surface area contributed by atoms with E-state index in [-0.39, 0.29) is 14.5 Å². The average molecular weight is 682 g/mol. The molecule has 0 radical (unpaired) electrons. The molecule has 226 valence electrons. The molecule has 2 heteroatoms. The van der Waals surface area contributed by atoms with Crippen molar-refractivity contribution in [3.8, 4) is 11.1 Å². The third kappa shape index (κ3) is 4.46. The quantitative estimate of drug-likeness (QED) is 0.166. The fourth-order valence-corrected chi connectivity index (χ4v) is 37.1. The van der Waals surface area contributed by atoms with Crippen LogP contribution in [0.1, 0.15) is 89.1 Å². The van der Waals surface area contributed by atoms with Crippen molar-refractivity contribution < 1.29 is 17.4 Å². The fraction of sp³-hybridized carbons (Fsp3) is 0.256. The maximum atomic E-state index is 2.61. The summed E-state index contributed by atoms with van der Waals surface area (Å²) in [4.78, 5) is 0. The van der Waals surface area contributed by atoms with E-state index >= 15 is 0 Å². The molecule has 0 saturated carbocycles. The topological polar surface area (TPSA) is 0 Å². The molecule has 1 atom stereocenters. The van der Waals surface area contributed by atoms with Gasteiger partial charge in [-0.15, -0.1) is 0 Å². The minimum atomic E-state index is -4.67. The van der Waals surface area contributed by atoms with Crippen LogP contribution < -0.4 is 6.54 Å².